The first-order chi connectivity index (χ1) is 5.95. The Balaban J connectivity index is 0.000000845. The minimum absolute atomic E-state index is 0. The van der Waals surface area contributed by atoms with Crippen molar-refractivity contribution < 1.29 is 0 Å². The summed E-state index contributed by atoms with van der Waals surface area (Å²) in [6.45, 7) is 3.23. The molecule has 3 nitrogen and oxygen atoms in total. The predicted octanol–water partition coefficient (Wildman–Crippen LogP) is 1.02. The molecule has 0 saturated carbocycles. The van der Waals surface area contributed by atoms with Crippen molar-refractivity contribution in [1.82, 2.24) is 15.6 Å². The van der Waals surface area contributed by atoms with Crippen LogP contribution < -0.4 is 10.6 Å². The molecular weight excluding hydrogens is 206 g/mol. The van der Waals surface area contributed by atoms with E-state index in [1.807, 2.05) is 11.7 Å². The first-order valence-electron chi connectivity index (χ1n) is 4.26. The summed E-state index contributed by atoms with van der Waals surface area (Å²) in [5.41, 5.74) is 1.88. The van der Waals surface area contributed by atoms with Crippen molar-refractivity contribution in [3.05, 3.63) is 16.6 Å². The van der Waals surface area contributed by atoms with Gasteiger partial charge in [-0.1, -0.05) is 0 Å². The van der Waals surface area contributed by atoms with E-state index >= 15 is 0 Å². The molecule has 74 valence electrons. The highest BCUT2D eigenvalue weighted by molar-refractivity contribution is 7.09. The van der Waals surface area contributed by atoms with Crippen LogP contribution in [-0.2, 0) is 6.54 Å². The van der Waals surface area contributed by atoms with Crippen LogP contribution in [0.3, 0.4) is 0 Å². The van der Waals surface area contributed by atoms with Crippen molar-refractivity contribution in [1.29, 1.82) is 0 Å². The number of hydrogen-bond acceptors (Lipinski definition) is 4. The lowest BCUT2D eigenvalue weighted by Crippen LogP contribution is -2.30. The van der Waals surface area contributed by atoms with Gasteiger partial charge in [0.05, 0.1) is 5.51 Å². The third kappa shape index (κ3) is 3.23. The van der Waals surface area contributed by atoms with Gasteiger partial charge in [-0.3, -0.25) is 4.98 Å². The third-order valence-corrected chi connectivity index (χ3v) is 2.89. The van der Waals surface area contributed by atoms with Crippen molar-refractivity contribution in [2.75, 3.05) is 13.1 Å². The fraction of sp³-hybridized carbons (Fsp3) is 0.625. The number of hydrogen-bond donors (Lipinski definition) is 2. The maximum atomic E-state index is 4.03. The molecule has 2 rings (SSSR count). The van der Waals surface area contributed by atoms with Crippen LogP contribution in [0.5, 0.6) is 0 Å². The third-order valence-electron chi connectivity index (χ3n) is 2.11. The lowest BCUT2D eigenvalue weighted by molar-refractivity contribution is 0.550. The van der Waals surface area contributed by atoms with Crippen molar-refractivity contribution in [3.8, 4) is 0 Å². The van der Waals surface area contributed by atoms with Gasteiger partial charge in [0.15, 0.2) is 0 Å². The first kappa shape index (κ1) is 10.9. The predicted molar refractivity (Wildman–Crippen MR) is 57.5 cm³/mol. The fourth-order valence-electron chi connectivity index (χ4n) is 1.40. The minimum atomic E-state index is 0. The van der Waals surface area contributed by atoms with Gasteiger partial charge in [0, 0.05) is 30.2 Å². The van der Waals surface area contributed by atoms with Gasteiger partial charge >= 0.3 is 0 Å². The van der Waals surface area contributed by atoms with Gasteiger partial charge in [0.25, 0.3) is 0 Å². The Morgan fingerprint density at radius 3 is 3.23 bits per heavy atom. The minimum Gasteiger partial charge on any atom is -0.315 e. The SMILES string of the molecule is Cl.c1ncc(CN[C@@H]2CCNC2)s1. The molecule has 1 atom stereocenters. The van der Waals surface area contributed by atoms with Crippen LogP contribution in [0.15, 0.2) is 11.7 Å². The van der Waals surface area contributed by atoms with Crippen LogP contribution in [0.25, 0.3) is 0 Å². The van der Waals surface area contributed by atoms with E-state index in [9.17, 15) is 0 Å². The normalized spacial score (nSPS) is 21.4. The van der Waals surface area contributed by atoms with Crippen LogP contribution >= 0.6 is 23.7 Å². The van der Waals surface area contributed by atoms with E-state index in [2.05, 4.69) is 15.6 Å². The highest BCUT2D eigenvalue weighted by atomic mass is 35.5. The van der Waals surface area contributed by atoms with Crippen molar-refractivity contribution >= 4 is 23.7 Å². The summed E-state index contributed by atoms with van der Waals surface area (Å²) in [5, 5.41) is 6.82. The summed E-state index contributed by atoms with van der Waals surface area (Å²) in [6.07, 6.45) is 3.18. The zero-order valence-corrected chi connectivity index (χ0v) is 8.96. The Bertz CT molecular complexity index is 221. The first-order valence-corrected chi connectivity index (χ1v) is 5.14. The van der Waals surface area contributed by atoms with E-state index in [0.717, 1.165) is 19.6 Å². The van der Waals surface area contributed by atoms with Crippen molar-refractivity contribution in [2.24, 2.45) is 0 Å². The summed E-state index contributed by atoms with van der Waals surface area (Å²) in [6, 6.07) is 0.659. The molecule has 0 bridgehead atoms. The summed E-state index contributed by atoms with van der Waals surface area (Å²) >= 11 is 1.71. The topological polar surface area (TPSA) is 37.0 Å². The van der Waals surface area contributed by atoms with E-state index < -0.39 is 0 Å². The number of nitrogens with one attached hydrogen (secondary N) is 2. The molecule has 0 aliphatic carbocycles. The molecule has 1 aliphatic rings. The Labute approximate surface area is 88.4 Å². The maximum Gasteiger partial charge on any atom is 0.0794 e. The molecule has 1 aromatic rings. The van der Waals surface area contributed by atoms with Crippen LogP contribution in [0.4, 0.5) is 0 Å². The molecule has 0 unspecified atom stereocenters. The molecule has 5 heteroatoms. The van der Waals surface area contributed by atoms with Crippen LogP contribution in [0.1, 0.15) is 11.3 Å². The summed E-state index contributed by atoms with van der Waals surface area (Å²) in [5.74, 6) is 0. The Kier molecular flexibility index (Phi) is 4.66. The maximum absolute atomic E-state index is 4.03. The number of halogens is 1. The van der Waals surface area contributed by atoms with Gasteiger partial charge in [-0.25, -0.2) is 0 Å². The van der Waals surface area contributed by atoms with Crippen molar-refractivity contribution in [2.45, 2.75) is 19.0 Å². The number of nitrogens with zero attached hydrogens (tertiary/aromatic N) is 1. The van der Waals surface area contributed by atoms with E-state index in [4.69, 9.17) is 0 Å². The molecule has 0 spiro atoms. The van der Waals surface area contributed by atoms with Gasteiger partial charge in [0.2, 0.25) is 0 Å². The molecule has 0 amide bonds. The molecule has 2 heterocycles. The lowest BCUT2D eigenvalue weighted by atomic mass is 10.2. The average Bonchev–Trinajstić information content (AvgIpc) is 2.74. The second kappa shape index (κ2) is 5.54. The lowest BCUT2D eigenvalue weighted by Gasteiger charge is -2.08. The summed E-state index contributed by atoms with van der Waals surface area (Å²) in [7, 11) is 0. The molecule has 1 fully saturated rings. The average molecular weight is 220 g/mol. The largest absolute Gasteiger partial charge is 0.315 e. The second-order valence-electron chi connectivity index (χ2n) is 3.04. The second-order valence-corrected chi connectivity index (χ2v) is 4.01. The molecule has 2 N–H and O–H groups in total. The van der Waals surface area contributed by atoms with E-state index in [1.165, 1.54) is 11.3 Å². The highest BCUT2D eigenvalue weighted by Gasteiger charge is 2.12. The number of thiazole rings is 1. The van der Waals surface area contributed by atoms with Gasteiger partial charge in [-0.2, -0.15) is 0 Å². The number of aromatic nitrogens is 1. The van der Waals surface area contributed by atoms with E-state index in [-0.39, 0.29) is 12.4 Å². The molecule has 0 radical (unpaired) electrons. The smallest absolute Gasteiger partial charge is 0.0794 e. The fourth-order valence-corrected chi connectivity index (χ4v) is 1.95. The Morgan fingerprint density at radius 2 is 2.62 bits per heavy atom. The Hall–Kier alpha value is -0.160. The van der Waals surface area contributed by atoms with Gasteiger partial charge < -0.3 is 10.6 Å². The van der Waals surface area contributed by atoms with Gasteiger partial charge in [0.1, 0.15) is 0 Å². The number of rotatable bonds is 3. The highest BCUT2D eigenvalue weighted by Crippen LogP contribution is 2.06. The van der Waals surface area contributed by atoms with Crippen LogP contribution in [-0.4, -0.2) is 24.1 Å². The van der Waals surface area contributed by atoms with E-state index in [1.54, 1.807) is 11.3 Å². The molecule has 1 aromatic heterocycles. The summed E-state index contributed by atoms with van der Waals surface area (Å²) < 4.78 is 0. The van der Waals surface area contributed by atoms with E-state index in [0.29, 0.717) is 6.04 Å². The summed E-state index contributed by atoms with van der Waals surface area (Å²) in [4.78, 5) is 5.35. The monoisotopic (exact) mass is 219 g/mol. The zero-order chi connectivity index (χ0) is 8.23. The molecule has 1 aliphatic heterocycles. The standard InChI is InChI=1S/C8H13N3S.ClH/c1-2-9-3-7(1)11-5-8-4-10-6-12-8;/h4,6-7,9,11H,1-3,5H2;1H/t7-;/m1./s1. The van der Waals surface area contributed by atoms with Gasteiger partial charge in [-0.05, 0) is 13.0 Å². The van der Waals surface area contributed by atoms with Crippen molar-refractivity contribution in [3.63, 3.8) is 0 Å². The zero-order valence-electron chi connectivity index (χ0n) is 7.32. The molecular formula is C8H14ClN3S. The Morgan fingerprint density at radius 1 is 1.69 bits per heavy atom. The molecule has 0 aromatic carbocycles. The van der Waals surface area contributed by atoms with Crippen LogP contribution in [0.2, 0.25) is 0 Å². The van der Waals surface area contributed by atoms with Crippen LogP contribution in [0, 0.1) is 0 Å². The molecule has 13 heavy (non-hydrogen) atoms. The van der Waals surface area contributed by atoms with Gasteiger partial charge in [-0.15, -0.1) is 23.7 Å². The quantitative estimate of drug-likeness (QED) is 0.797. The molecule has 1 saturated heterocycles.